The Balaban J connectivity index is 3.66. The first-order valence-corrected chi connectivity index (χ1v) is 6.96. The molecule has 0 aromatic rings. The van der Waals surface area contributed by atoms with Gasteiger partial charge >= 0.3 is 5.97 Å². The Bertz CT molecular complexity index is 279. The van der Waals surface area contributed by atoms with E-state index in [1.54, 1.807) is 6.92 Å². The fourth-order valence-corrected chi connectivity index (χ4v) is 1.97. The van der Waals surface area contributed by atoms with Crippen LogP contribution >= 0.6 is 0 Å². The first-order valence-electron chi connectivity index (χ1n) is 6.96. The number of aliphatic carboxylic acids is 1. The highest BCUT2D eigenvalue weighted by molar-refractivity contribution is 5.69. The van der Waals surface area contributed by atoms with Crippen LogP contribution < -0.4 is 0 Å². The zero-order valence-corrected chi connectivity index (χ0v) is 12.1. The van der Waals surface area contributed by atoms with Gasteiger partial charge in [0.15, 0.2) is 0 Å². The van der Waals surface area contributed by atoms with E-state index in [0.29, 0.717) is 5.92 Å². The van der Waals surface area contributed by atoms with Crippen molar-refractivity contribution in [2.24, 2.45) is 11.8 Å². The molecule has 0 saturated carbocycles. The standard InChI is InChI=1S/C16H28O2/c1-5-8-13(2)9-6-10-14(3)11-7-12-15(4)16(17)18/h5,9,14-15H,1,6-8,10-12H2,2-4H3,(H,17,18)/b13-9+. The fourth-order valence-electron chi connectivity index (χ4n) is 1.97. The van der Waals surface area contributed by atoms with Gasteiger partial charge in [-0.3, -0.25) is 4.79 Å². The monoisotopic (exact) mass is 252 g/mol. The Morgan fingerprint density at radius 1 is 1.28 bits per heavy atom. The molecule has 0 saturated heterocycles. The quantitative estimate of drug-likeness (QED) is 0.566. The smallest absolute Gasteiger partial charge is 0.306 e. The summed E-state index contributed by atoms with van der Waals surface area (Å²) < 4.78 is 0. The average molecular weight is 252 g/mol. The van der Waals surface area contributed by atoms with Crippen molar-refractivity contribution in [3.63, 3.8) is 0 Å². The van der Waals surface area contributed by atoms with Gasteiger partial charge < -0.3 is 5.11 Å². The molecule has 0 bridgehead atoms. The third-order valence-electron chi connectivity index (χ3n) is 3.37. The second-order valence-electron chi connectivity index (χ2n) is 5.40. The van der Waals surface area contributed by atoms with Gasteiger partial charge in [0.2, 0.25) is 0 Å². The molecule has 2 unspecified atom stereocenters. The van der Waals surface area contributed by atoms with Crippen molar-refractivity contribution < 1.29 is 9.90 Å². The van der Waals surface area contributed by atoms with E-state index in [0.717, 1.165) is 32.1 Å². The lowest BCUT2D eigenvalue weighted by molar-refractivity contribution is -0.141. The summed E-state index contributed by atoms with van der Waals surface area (Å²) in [5, 5.41) is 8.78. The first-order chi connectivity index (χ1) is 8.47. The molecule has 0 radical (unpaired) electrons. The number of carbonyl (C=O) groups is 1. The second-order valence-corrected chi connectivity index (χ2v) is 5.40. The second kappa shape index (κ2) is 9.93. The molecule has 0 heterocycles. The summed E-state index contributed by atoms with van der Waals surface area (Å²) >= 11 is 0. The lowest BCUT2D eigenvalue weighted by atomic mass is 9.95. The number of carboxylic acid groups (broad SMARTS) is 1. The summed E-state index contributed by atoms with van der Waals surface area (Å²) in [5.74, 6) is -0.198. The maximum absolute atomic E-state index is 10.7. The Kier molecular flexibility index (Phi) is 9.35. The van der Waals surface area contributed by atoms with Gasteiger partial charge in [0.25, 0.3) is 0 Å². The van der Waals surface area contributed by atoms with Gasteiger partial charge in [-0.05, 0) is 38.5 Å². The van der Waals surface area contributed by atoms with Gasteiger partial charge in [-0.15, -0.1) is 6.58 Å². The third-order valence-corrected chi connectivity index (χ3v) is 3.37. The van der Waals surface area contributed by atoms with E-state index in [9.17, 15) is 4.79 Å². The van der Waals surface area contributed by atoms with Gasteiger partial charge in [0, 0.05) is 0 Å². The van der Waals surface area contributed by atoms with E-state index in [2.05, 4.69) is 26.5 Å². The van der Waals surface area contributed by atoms with Crippen molar-refractivity contribution in [3.05, 3.63) is 24.3 Å². The molecule has 18 heavy (non-hydrogen) atoms. The van der Waals surface area contributed by atoms with E-state index < -0.39 is 5.97 Å². The zero-order chi connectivity index (χ0) is 14.0. The van der Waals surface area contributed by atoms with E-state index >= 15 is 0 Å². The lowest BCUT2D eigenvalue weighted by Crippen LogP contribution is -2.09. The highest BCUT2D eigenvalue weighted by atomic mass is 16.4. The molecule has 104 valence electrons. The molecule has 0 rings (SSSR count). The molecule has 0 spiro atoms. The summed E-state index contributed by atoms with van der Waals surface area (Å²) in [6.45, 7) is 9.90. The minimum Gasteiger partial charge on any atom is -0.481 e. The Morgan fingerprint density at radius 2 is 1.94 bits per heavy atom. The summed E-state index contributed by atoms with van der Waals surface area (Å²) in [5.41, 5.74) is 1.39. The highest BCUT2D eigenvalue weighted by Gasteiger charge is 2.10. The molecule has 2 nitrogen and oxygen atoms in total. The highest BCUT2D eigenvalue weighted by Crippen LogP contribution is 2.18. The minimum absolute atomic E-state index is 0.202. The molecule has 0 amide bonds. The predicted molar refractivity (Wildman–Crippen MR) is 77.6 cm³/mol. The van der Waals surface area contributed by atoms with Gasteiger partial charge in [0.1, 0.15) is 0 Å². The van der Waals surface area contributed by atoms with E-state index in [1.807, 2.05) is 6.08 Å². The Hall–Kier alpha value is -1.05. The van der Waals surface area contributed by atoms with E-state index in [4.69, 9.17) is 5.11 Å². The number of rotatable bonds is 10. The predicted octanol–water partition coefficient (Wildman–Crippen LogP) is 4.82. The molecule has 0 aliphatic rings. The largest absolute Gasteiger partial charge is 0.481 e. The van der Waals surface area contributed by atoms with Crippen molar-refractivity contribution >= 4 is 5.97 Å². The van der Waals surface area contributed by atoms with Gasteiger partial charge in [-0.2, -0.15) is 0 Å². The molecule has 0 aromatic carbocycles. The van der Waals surface area contributed by atoms with Crippen molar-refractivity contribution in [1.29, 1.82) is 0 Å². The van der Waals surface area contributed by atoms with Crippen molar-refractivity contribution in [3.8, 4) is 0 Å². The van der Waals surface area contributed by atoms with Crippen LogP contribution in [0.1, 0.15) is 59.3 Å². The fraction of sp³-hybridized carbons (Fsp3) is 0.688. The Labute approximate surface area is 112 Å². The van der Waals surface area contributed by atoms with Crippen molar-refractivity contribution in [2.45, 2.75) is 59.3 Å². The molecule has 2 atom stereocenters. The van der Waals surface area contributed by atoms with E-state index in [1.165, 1.54) is 12.0 Å². The molecular weight excluding hydrogens is 224 g/mol. The molecular formula is C16H28O2. The van der Waals surface area contributed by atoms with Crippen LogP contribution in [0, 0.1) is 11.8 Å². The molecule has 0 aromatic heterocycles. The topological polar surface area (TPSA) is 37.3 Å². The number of allylic oxidation sites excluding steroid dienone is 3. The Morgan fingerprint density at radius 3 is 2.50 bits per heavy atom. The lowest BCUT2D eigenvalue weighted by Gasteiger charge is -2.11. The summed E-state index contributed by atoms with van der Waals surface area (Å²) in [6.07, 6.45) is 10.5. The van der Waals surface area contributed by atoms with Gasteiger partial charge in [-0.1, -0.05) is 44.4 Å². The first kappa shape index (κ1) is 16.9. The van der Waals surface area contributed by atoms with Crippen LogP contribution in [0.5, 0.6) is 0 Å². The normalized spacial score (nSPS) is 15.2. The number of hydrogen-bond donors (Lipinski definition) is 1. The molecule has 0 aliphatic carbocycles. The van der Waals surface area contributed by atoms with Crippen LogP contribution in [0.3, 0.4) is 0 Å². The van der Waals surface area contributed by atoms with Crippen LogP contribution in [0.25, 0.3) is 0 Å². The minimum atomic E-state index is -0.675. The van der Waals surface area contributed by atoms with Crippen LogP contribution in [0.4, 0.5) is 0 Å². The van der Waals surface area contributed by atoms with Crippen molar-refractivity contribution in [1.82, 2.24) is 0 Å². The maximum atomic E-state index is 10.7. The molecule has 0 fully saturated rings. The maximum Gasteiger partial charge on any atom is 0.306 e. The van der Waals surface area contributed by atoms with Gasteiger partial charge in [-0.25, -0.2) is 0 Å². The SMILES string of the molecule is C=CC/C(C)=C/CCC(C)CCCC(C)C(=O)O. The molecule has 1 N–H and O–H groups in total. The van der Waals surface area contributed by atoms with Crippen LogP contribution in [-0.4, -0.2) is 11.1 Å². The van der Waals surface area contributed by atoms with Crippen molar-refractivity contribution in [2.75, 3.05) is 0 Å². The number of hydrogen-bond acceptors (Lipinski definition) is 1. The average Bonchev–Trinajstić information content (AvgIpc) is 2.29. The summed E-state index contributed by atoms with van der Waals surface area (Å²) in [7, 11) is 0. The van der Waals surface area contributed by atoms with Crippen LogP contribution in [-0.2, 0) is 4.79 Å². The van der Waals surface area contributed by atoms with Crippen LogP contribution in [0.2, 0.25) is 0 Å². The van der Waals surface area contributed by atoms with Crippen LogP contribution in [0.15, 0.2) is 24.3 Å². The zero-order valence-electron chi connectivity index (χ0n) is 12.1. The van der Waals surface area contributed by atoms with Gasteiger partial charge in [0.05, 0.1) is 5.92 Å². The summed E-state index contributed by atoms with van der Waals surface area (Å²) in [6, 6.07) is 0. The third kappa shape index (κ3) is 9.03. The number of carboxylic acids is 1. The summed E-state index contributed by atoms with van der Waals surface area (Å²) in [4.78, 5) is 10.7. The molecule has 2 heteroatoms. The molecule has 0 aliphatic heterocycles. The van der Waals surface area contributed by atoms with E-state index in [-0.39, 0.29) is 5.92 Å².